The zero-order valence-electron chi connectivity index (χ0n) is 16.7. The van der Waals surface area contributed by atoms with E-state index in [0.29, 0.717) is 28.3 Å². The van der Waals surface area contributed by atoms with Gasteiger partial charge < -0.3 is 19.5 Å². The van der Waals surface area contributed by atoms with E-state index in [4.69, 9.17) is 14.2 Å². The monoisotopic (exact) mass is 397 g/mol. The number of hydrogen-bond donors (Lipinski definition) is 1. The van der Waals surface area contributed by atoms with Crippen molar-refractivity contribution in [2.45, 2.75) is 20.0 Å². The van der Waals surface area contributed by atoms with Crippen molar-refractivity contribution in [3.63, 3.8) is 0 Å². The maximum absolute atomic E-state index is 12.2. The number of carbonyl (C=O) groups excluding carboxylic acids is 3. The predicted octanol–water partition coefficient (Wildman–Crippen LogP) is 3.49. The summed E-state index contributed by atoms with van der Waals surface area (Å²) in [6.45, 7) is 2.90. The Morgan fingerprint density at radius 2 is 1.79 bits per heavy atom. The molecule has 1 atom stereocenters. The molecule has 0 fully saturated rings. The van der Waals surface area contributed by atoms with Crippen molar-refractivity contribution in [1.82, 2.24) is 0 Å². The summed E-state index contributed by atoms with van der Waals surface area (Å²) in [4.78, 5) is 35.7. The van der Waals surface area contributed by atoms with E-state index in [1.54, 1.807) is 49.6 Å². The van der Waals surface area contributed by atoms with Crippen LogP contribution in [0.5, 0.6) is 11.5 Å². The minimum absolute atomic E-state index is 0.111. The number of Topliss-reactive ketones (excluding diaryl/α,β-unsaturated/α-hetero) is 1. The Morgan fingerprint density at radius 1 is 1.03 bits per heavy atom. The third-order valence-corrected chi connectivity index (χ3v) is 4.04. The molecular weight excluding hydrogens is 374 g/mol. The van der Waals surface area contributed by atoms with Gasteiger partial charge in [0.15, 0.2) is 11.9 Å². The summed E-state index contributed by atoms with van der Waals surface area (Å²) in [5, 5.41) is 2.62. The zero-order chi connectivity index (χ0) is 21.4. The van der Waals surface area contributed by atoms with Gasteiger partial charge >= 0.3 is 5.97 Å². The first-order valence-corrected chi connectivity index (χ1v) is 8.86. The van der Waals surface area contributed by atoms with Gasteiger partial charge in [-0.15, -0.1) is 0 Å². The van der Waals surface area contributed by atoms with Crippen molar-refractivity contribution in [2.75, 3.05) is 19.5 Å². The van der Waals surface area contributed by atoms with E-state index < -0.39 is 18.0 Å². The zero-order valence-corrected chi connectivity index (χ0v) is 16.7. The summed E-state index contributed by atoms with van der Waals surface area (Å²) < 4.78 is 15.5. The lowest BCUT2D eigenvalue weighted by molar-refractivity contribution is -0.148. The van der Waals surface area contributed by atoms with Gasteiger partial charge in [0.1, 0.15) is 11.5 Å². The molecule has 29 heavy (non-hydrogen) atoms. The van der Waals surface area contributed by atoms with Crippen LogP contribution in [0.4, 0.5) is 5.69 Å². The fourth-order valence-corrected chi connectivity index (χ4v) is 2.44. The summed E-state index contributed by atoms with van der Waals surface area (Å²) in [6, 6.07) is 11.7. The number of rotatable bonds is 8. The van der Waals surface area contributed by atoms with E-state index >= 15 is 0 Å². The number of esters is 1. The van der Waals surface area contributed by atoms with Crippen molar-refractivity contribution >= 4 is 29.4 Å². The lowest BCUT2D eigenvalue weighted by Gasteiger charge is -2.13. The van der Waals surface area contributed by atoms with Gasteiger partial charge in [0, 0.05) is 29.0 Å². The van der Waals surface area contributed by atoms with E-state index in [1.807, 2.05) is 0 Å². The Balaban J connectivity index is 1.98. The molecule has 7 nitrogen and oxygen atoms in total. The van der Waals surface area contributed by atoms with Crippen LogP contribution in [0.1, 0.15) is 29.8 Å². The number of hydrogen-bond acceptors (Lipinski definition) is 6. The van der Waals surface area contributed by atoms with Gasteiger partial charge in [-0.25, -0.2) is 4.79 Å². The first kappa shape index (κ1) is 21.7. The first-order valence-electron chi connectivity index (χ1n) is 8.86. The van der Waals surface area contributed by atoms with Crippen molar-refractivity contribution in [2.24, 2.45) is 0 Å². The number of carbonyl (C=O) groups is 3. The second-order valence-corrected chi connectivity index (χ2v) is 6.15. The predicted molar refractivity (Wildman–Crippen MR) is 109 cm³/mol. The normalized spacial score (nSPS) is 11.6. The van der Waals surface area contributed by atoms with E-state index in [0.717, 1.165) is 0 Å². The van der Waals surface area contributed by atoms with Crippen molar-refractivity contribution in [3.8, 4) is 11.5 Å². The minimum atomic E-state index is -1.02. The molecule has 2 aromatic rings. The molecule has 0 spiro atoms. The molecule has 0 radical (unpaired) electrons. The van der Waals surface area contributed by atoms with Crippen LogP contribution in [-0.2, 0) is 14.3 Å². The highest BCUT2D eigenvalue weighted by molar-refractivity contribution is 5.99. The molecule has 1 N–H and O–H groups in total. The van der Waals surface area contributed by atoms with Crippen LogP contribution in [0.25, 0.3) is 6.08 Å². The molecule has 0 saturated carbocycles. The fraction of sp³-hybridized carbons (Fsp3) is 0.227. The number of ether oxygens (including phenoxy) is 3. The van der Waals surface area contributed by atoms with Gasteiger partial charge in [0.05, 0.1) is 14.2 Å². The molecule has 2 aromatic carbocycles. The Bertz CT molecular complexity index is 935. The largest absolute Gasteiger partial charge is 0.497 e. The van der Waals surface area contributed by atoms with E-state index in [2.05, 4.69) is 5.32 Å². The number of methoxy groups -OCH3 is 2. The Labute approximate surface area is 169 Å². The first-order chi connectivity index (χ1) is 13.8. The average Bonchev–Trinajstić information content (AvgIpc) is 2.72. The van der Waals surface area contributed by atoms with Gasteiger partial charge in [0.2, 0.25) is 0 Å². The third-order valence-electron chi connectivity index (χ3n) is 4.04. The summed E-state index contributed by atoms with van der Waals surface area (Å²) >= 11 is 0. The molecule has 152 valence electrons. The molecule has 2 rings (SSSR count). The molecule has 0 aliphatic rings. The molecule has 1 amide bonds. The number of ketones is 1. The number of benzene rings is 2. The van der Waals surface area contributed by atoms with Crippen molar-refractivity contribution < 1.29 is 28.6 Å². The Kier molecular flexibility index (Phi) is 7.54. The van der Waals surface area contributed by atoms with Gasteiger partial charge in [-0.2, -0.15) is 0 Å². The quantitative estimate of drug-likeness (QED) is 0.417. The van der Waals surface area contributed by atoms with Gasteiger partial charge in [-0.3, -0.25) is 9.59 Å². The average molecular weight is 397 g/mol. The summed E-state index contributed by atoms with van der Waals surface area (Å²) in [7, 11) is 3.06. The lowest BCUT2D eigenvalue weighted by atomic mass is 10.1. The van der Waals surface area contributed by atoms with E-state index in [-0.39, 0.29) is 5.78 Å². The fourth-order valence-electron chi connectivity index (χ4n) is 2.44. The Hall–Kier alpha value is -3.61. The highest BCUT2D eigenvalue weighted by Gasteiger charge is 2.17. The Morgan fingerprint density at radius 3 is 2.45 bits per heavy atom. The maximum Gasteiger partial charge on any atom is 0.331 e. The number of nitrogens with one attached hydrogen (secondary N) is 1. The smallest absolute Gasteiger partial charge is 0.331 e. The molecule has 0 aliphatic heterocycles. The van der Waals surface area contributed by atoms with Crippen LogP contribution in [0.3, 0.4) is 0 Å². The van der Waals surface area contributed by atoms with Crippen LogP contribution in [0.2, 0.25) is 0 Å². The summed E-state index contributed by atoms with van der Waals surface area (Å²) in [5.41, 5.74) is 1.58. The molecule has 0 unspecified atom stereocenters. The molecule has 0 aliphatic carbocycles. The third kappa shape index (κ3) is 6.21. The van der Waals surface area contributed by atoms with Crippen LogP contribution >= 0.6 is 0 Å². The molecular formula is C22H23NO6. The van der Waals surface area contributed by atoms with Crippen molar-refractivity contribution in [3.05, 3.63) is 59.7 Å². The van der Waals surface area contributed by atoms with Crippen molar-refractivity contribution in [1.29, 1.82) is 0 Å². The number of amides is 1. The van der Waals surface area contributed by atoms with E-state index in [1.165, 1.54) is 33.1 Å². The standard InChI is InChI=1S/C22H23NO6/c1-14(24)17-6-5-7-18(12-17)23-22(26)15(2)29-21(25)11-9-16-8-10-19(27-3)13-20(16)28-4/h5-13,15H,1-4H3,(H,23,26)/b11-9+/t15-/m1/s1. The second-order valence-electron chi connectivity index (χ2n) is 6.15. The van der Waals surface area contributed by atoms with Gasteiger partial charge in [-0.05, 0) is 44.2 Å². The van der Waals surface area contributed by atoms with Crippen LogP contribution < -0.4 is 14.8 Å². The second kappa shape index (κ2) is 10.1. The summed E-state index contributed by atoms with van der Waals surface area (Å²) in [5.74, 6) is -0.137. The molecule has 0 bridgehead atoms. The summed E-state index contributed by atoms with van der Waals surface area (Å²) in [6.07, 6.45) is 1.72. The number of anilines is 1. The molecule has 7 heteroatoms. The van der Waals surface area contributed by atoms with Gasteiger partial charge in [-0.1, -0.05) is 12.1 Å². The van der Waals surface area contributed by atoms with Gasteiger partial charge in [0.25, 0.3) is 5.91 Å². The minimum Gasteiger partial charge on any atom is -0.497 e. The molecule has 0 aromatic heterocycles. The molecule has 0 heterocycles. The maximum atomic E-state index is 12.2. The molecule has 0 saturated heterocycles. The van der Waals surface area contributed by atoms with Crippen LogP contribution in [-0.4, -0.2) is 38.0 Å². The van der Waals surface area contributed by atoms with Crippen LogP contribution in [0.15, 0.2) is 48.5 Å². The highest BCUT2D eigenvalue weighted by atomic mass is 16.5. The highest BCUT2D eigenvalue weighted by Crippen LogP contribution is 2.25. The van der Waals surface area contributed by atoms with Crippen LogP contribution in [0, 0.1) is 0 Å². The SMILES string of the molecule is COc1ccc(/C=C/C(=O)O[C@H](C)C(=O)Nc2cccc(C(C)=O)c2)c(OC)c1. The lowest BCUT2D eigenvalue weighted by Crippen LogP contribution is -2.29. The van der Waals surface area contributed by atoms with E-state index in [9.17, 15) is 14.4 Å². The topological polar surface area (TPSA) is 90.9 Å².